The minimum atomic E-state index is 0.696. The Morgan fingerprint density at radius 2 is 2.42 bits per heavy atom. The average molecular weight is 165 g/mol. The van der Waals surface area contributed by atoms with Gasteiger partial charge in [-0.25, -0.2) is 4.98 Å². The second-order valence-electron chi connectivity index (χ2n) is 3.46. The van der Waals surface area contributed by atoms with Crippen molar-refractivity contribution in [3.63, 3.8) is 0 Å². The quantitative estimate of drug-likeness (QED) is 0.727. The Labute approximate surface area is 72.6 Å². The maximum absolute atomic E-state index is 5.46. The number of aryl methyl sites for hydroxylation is 1. The lowest BCUT2D eigenvalue weighted by molar-refractivity contribution is 0.710. The molecule has 1 aliphatic rings. The molecule has 0 aliphatic heterocycles. The van der Waals surface area contributed by atoms with Crippen LogP contribution in [0, 0.1) is 6.92 Å². The summed E-state index contributed by atoms with van der Waals surface area (Å²) >= 11 is 0. The van der Waals surface area contributed by atoms with Gasteiger partial charge in [0, 0.05) is 18.7 Å². The topological polar surface area (TPSA) is 43.8 Å². The summed E-state index contributed by atoms with van der Waals surface area (Å²) in [6.07, 6.45) is 5.69. The molecule has 2 N–H and O–H groups in total. The fourth-order valence-corrected chi connectivity index (χ4v) is 1.54. The molecule has 0 unspecified atom stereocenters. The van der Waals surface area contributed by atoms with E-state index in [1.807, 2.05) is 0 Å². The van der Waals surface area contributed by atoms with Gasteiger partial charge in [0.15, 0.2) is 0 Å². The molecule has 1 heterocycles. The second kappa shape index (κ2) is 2.90. The number of imidazole rings is 1. The molecule has 0 radical (unpaired) electrons. The fraction of sp³-hybridized carbons (Fsp3) is 0.667. The first-order chi connectivity index (χ1) is 5.81. The van der Waals surface area contributed by atoms with E-state index in [0.29, 0.717) is 6.54 Å². The van der Waals surface area contributed by atoms with E-state index in [9.17, 15) is 0 Å². The smallest absolute Gasteiger partial charge is 0.106 e. The standard InChI is InChI=1S/C9H15N3/c1-7-11-8(4-5-10)6-12(7)9-2-3-9/h6,9H,2-5,10H2,1H3. The van der Waals surface area contributed by atoms with Gasteiger partial charge < -0.3 is 10.3 Å². The van der Waals surface area contributed by atoms with Crippen molar-refractivity contribution in [2.24, 2.45) is 5.73 Å². The molecular weight excluding hydrogens is 150 g/mol. The number of rotatable bonds is 3. The van der Waals surface area contributed by atoms with Crippen LogP contribution in [0.3, 0.4) is 0 Å². The van der Waals surface area contributed by atoms with Gasteiger partial charge in [0.05, 0.1) is 5.69 Å². The highest BCUT2D eigenvalue weighted by molar-refractivity contribution is 5.07. The molecule has 3 nitrogen and oxygen atoms in total. The van der Waals surface area contributed by atoms with Crippen molar-refractivity contribution in [3.8, 4) is 0 Å². The van der Waals surface area contributed by atoms with Gasteiger partial charge >= 0.3 is 0 Å². The minimum Gasteiger partial charge on any atom is -0.332 e. The maximum atomic E-state index is 5.46. The molecule has 0 saturated heterocycles. The Hall–Kier alpha value is -0.830. The summed E-state index contributed by atoms with van der Waals surface area (Å²) < 4.78 is 2.28. The molecule has 0 atom stereocenters. The van der Waals surface area contributed by atoms with Gasteiger partial charge in [-0.05, 0) is 26.3 Å². The van der Waals surface area contributed by atoms with Crippen molar-refractivity contribution in [3.05, 3.63) is 17.7 Å². The molecule has 0 amide bonds. The van der Waals surface area contributed by atoms with Crippen LogP contribution in [0.2, 0.25) is 0 Å². The van der Waals surface area contributed by atoms with E-state index in [1.165, 1.54) is 12.8 Å². The van der Waals surface area contributed by atoms with Crippen LogP contribution in [0.4, 0.5) is 0 Å². The van der Waals surface area contributed by atoms with Gasteiger partial charge in [-0.2, -0.15) is 0 Å². The highest BCUT2D eigenvalue weighted by atomic mass is 15.1. The minimum absolute atomic E-state index is 0.696. The molecule has 0 aromatic carbocycles. The van der Waals surface area contributed by atoms with Gasteiger partial charge in [0.2, 0.25) is 0 Å². The van der Waals surface area contributed by atoms with Gasteiger partial charge in [-0.15, -0.1) is 0 Å². The molecule has 3 heteroatoms. The Balaban J connectivity index is 2.18. The predicted octanol–water partition coefficient (Wildman–Crippen LogP) is 1.03. The zero-order valence-corrected chi connectivity index (χ0v) is 7.45. The van der Waals surface area contributed by atoms with Crippen LogP contribution >= 0.6 is 0 Å². The first-order valence-corrected chi connectivity index (χ1v) is 4.55. The molecule has 12 heavy (non-hydrogen) atoms. The summed E-state index contributed by atoms with van der Waals surface area (Å²) in [7, 11) is 0. The number of hydrogen-bond acceptors (Lipinski definition) is 2. The van der Waals surface area contributed by atoms with Gasteiger partial charge in [-0.1, -0.05) is 0 Å². The van der Waals surface area contributed by atoms with E-state index in [2.05, 4.69) is 22.7 Å². The van der Waals surface area contributed by atoms with Crippen molar-refractivity contribution in [2.45, 2.75) is 32.2 Å². The molecule has 0 spiro atoms. The van der Waals surface area contributed by atoms with Crippen LogP contribution in [-0.4, -0.2) is 16.1 Å². The number of aromatic nitrogens is 2. The fourth-order valence-electron chi connectivity index (χ4n) is 1.54. The van der Waals surface area contributed by atoms with Crippen LogP contribution < -0.4 is 5.73 Å². The number of nitrogens with zero attached hydrogens (tertiary/aromatic N) is 2. The Morgan fingerprint density at radius 1 is 1.67 bits per heavy atom. The maximum Gasteiger partial charge on any atom is 0.106 e. The monoisotopic (exact) mass is 165 g/mol. The lowest BCUT2D eigenvalue weighted by atomic mass is 10.3. The Morgan fingerprint density at radius 3 is 3.00 bits per heavy atom. The summed E-state index contributed by atoms with van der Waals surface area (Å²) in [6, 6.07) is 0.740. The van der Waals surface area contributed by atoms with E-state index in [0.717, 1.165) is 24.0 Å². The van der Waals surface area contributed by atoms with E-state index in [-0.39, 0.29) is 0 Å². The third-order valence-electron chi connectivity index (χ3n) is 2.31. The Kier molecular flexibility index (Phi) is 1.89. The van der Waals surface area contributed by atoms with E-state index in [1.54, 1.807) is 0 Å². The molecule has 0 bridgehead atoms. The van der Waals surface area contributed by atoms with E-state index in [4.69, 9.17) is 5.73 Å². The first-order valence-electron chi connectivity index (χ1n) is 4.55. The van der Waals surface area contributed by atoms with E-state index >= 15 is 0 Å². The molecular formula is C9H15N3. The molecule has 1 fully saturated rings. The zero-order valence-electron chi connectivity index (χ0n) is 7.45. The highest BCUT2D eigenvalue weighted by Crippen LogP contribution is 2.35. The first kappa shape index (κ1) is 7.80. The van der Waals surface area contributed by atoms with E-state index < -0.39 is 0 Å². The summed E-state index contributed by atoms with van der Waals surface area (Å²) in [5.74, 6) is 1.14. The number of hydrogen-bond donors (Lipinski definition) is 1. The average Bonchev–Trinajstić information content (AvgIpc) is 2.79. The SMILES string of the molecule is Cc1nc(CCN)cn1C1CC1. The normalized spacial score (nSPS) is 16.8. The zero-order chi connectivity index (χ0) is 8.55. The lowest BCUT2D eigenvalue weighted by Gasteiger charge is -1.98. The van der Waals surface area contributed by atoms with Crippen molar-refractivity contribution in [1.82, 2.24) is 9.55 Å². The van der Waals surface area contributed by atoms with Gasteiger partial charge in [0.25, 0.3) is 0 Å². The molecule has 1 aromatic heterocycles. The summed E-state index contributed by atoms with van der Waals surface area (Å²) in [4.78, 5) is 4.44. The second-order valence-corrected chi connectivity index (χ2v) is 3.46. The molecule has 66 valence electrons. The van der Waals surface area contributed by atoms with Crippen LogP contribution in [-0.2, 0) is 6.42 Å². The van der Waals surface area contributed by atoms with Crippen LogP contribution in [0.25, 0.3) is 0 Å². The van der Waals surface area contributed by atoms with Gasteiger partial charge in [-0.3, -0.25) is 0 Å². The number of nitrogens with two attached hydrogens (primary N) is 1. The Bertz CT molecular complexity index is 273. The molecule has 1 aromatic rings. The van der Waals surface area contributed by atoms with Gasteiger partial charge in [0.1, 0.15) is 5.82 Å². The van der Waals surface area contributed by atoms with Crippen molar-refractivity contribution in [2.75, 3.05) is 6.54 Å². The largest absolute Gasteiger partial charge is 0.332 e. The van der Waals surface area contributed by atoms with Crippen molar-refractivity contribution in [1.29, 1.82) is 0 Å². The van der Waals surface area contributed by atoms with Crippen LogP contribution in [0.15, 0.2) is 6.20 Å². The summed E-state index contributed by atoms with van der Waals surface area (Å²) in [6.45, 7) is 2.76. The third-order valence-corrected chi connectivity index (χ3v) is 2.31. The van der Waals surface area contributed by atoms with Crippen LogP contribution in [0.1, 0.15) is 30.4 Å². The summed E-state index contributed by atoms with van der Waals surface area (Å²) in [5.41, 5.74) is 6.60. The highest BCUT2D eigenvalue weighted by Gasteiger charge is 2.24. The van der Waals surface area contributed by atoms with Crippen LogP contribution in [0.5, 0.6) is 0 Å². The lowest BCUT2D eigenvalue weighted by Crippen LogP contribution is -2.02. The molecule has 1 saturated carbocycles. The predicted molar refractivity (Wildman–Crippen MR) is 48.0 cm³/mol. The van der Waals surface area contributed by atoms with Crippen molar-refractivity contribution < 1.29 is 0 Å². The summed E-state index contributed by atoms with van der Waals surface area (Å²) in [5, 5.41) is 0. The van der Waals surface area contributed by atoms with Crippen molar-refractivity contribution >= 4 is 0 Å². The third kappa shape index (κ3) is 1.37. The molecule has 2 rings (SSSR count). The molecule has 1 aliphatic carbocycles.